The van der Waals surface area contributed by atoms with Crippen molar-refractivity contribution in [3.05, 3.63) is 80.6 Å². The number of piperidine rings is 1. The van der Waals surface area contributed by atoms with Crippen molar-refractivity contribution in [2.24, 2.45) is 5.92 Å². The molecule has 1 amide bonds. The highest BCUT2D eigenvalue weighted by Gasteiger charge is 2.33. The van der Waals surface area contributed by atoms with Gasteiger partial charge in [0.05, 0.1) is 10.5 Å². The number of nitrogens with zero attached hydrogens (tertiary/aromatic N) is 4. The van der Waals surface area contributed by atoms with Gasteiger partial charge in [0.1, 0.15) is 15.8 Å². The first-order chi connectivity index (χ1) is 18.4. The van der Waals surface area contributed by atoms with E-state index in [4.69, 9.17) is 21.9 Å². The van der Waals surface area contributed by atoms with Gasteiger partial charge in [0.25, 0.3) is 11.5 Å². The third-order valence-electron chi connectivity index (χ3n) is 7.15. The minimum Gasteiger partial charge on any atom is -0.385 e. The van der Waals surface area contributed by atoms with Gasteiger partial charge in [-0.1, -0.05) is 60.4 Å². The third-order valence-corrected chi connectivity index (χ3v) is 8.52. The Bertz CT molecular complexity index is 1430. The number of rotatable bonds is 8. The molecule has 2 aromatic heterocycles. The van der Waals surface area contributed by atoms with Gasteiger partial charge in [-0.15, -0.1) is 0 Å². The van der Waals surface area contributed by atoms with Crippen LogP contribution < -0.4 is 10.5 Å². The van der Waals surface area contributed by atoms with Crippen LogP contribution in [0.3, 0.4) is 0 Å². The molecule has 5 rings (SSSR count). The average molecular weight is 549 g/mol. The van der Waals surface area contributed by atoms with E-state index < -0.39 is 0 Å². The average Bonchev–Trinajstić information content (AvgIpc) is 3.19. The number of hydrogen-bond donors (Lipinski definition) is 0. The number of pyridine rings is 1. The minimum absolute atomic E-state index is 0.169. The highest BCUT2D eigenvalue weighted by molar-refractivity contribution is 8.26. The molecule has 2 aliphatic rings. The summed E-state index contributed by atoms with van der Waals surface area (Å²) in [5.74, 6) is 1.06. The predicted octanol–water partition coefficient (Wildman–Crippen LogP) is 4.70. The summed E-state index contributed by atoms with van der Waals surface area (Å²) in [5.41, 5.74) is 3.19. The largest absolute Gasteiger partial charge is 0.385 e. The fraction of sp³-hybridized carbons (Fsp3) is 0.379. The van der Waals surface area contributed by atoms with Crippen molar-refractivity contribution in [3.63, 3.8) is 0 Å². The number of fused-ring (bicyclic) bond motifs is 1. The van der Waals surface area contributed by atoms with Crippen LogP contribution in [0.2, 0.25) is 0 Å². The minimum atomic E-state index is -0.176. The third kappa shape index (κ3) is 5.70. The van der Waals surface area contributed by atoms with E-state index in [1.807, 2.05) is 25.1 Å². The summed E-state index contributed by atoms with van der Waals surface area (Å²) < 4.78 is 7.20. The van der Waals surface area contributed by atoms with Crippen molar-refractivity contribution in [2.75, 3.05) is 38.3 Å². The summed E-state index contributed by atoms with van der Waals surface area (Å²) in [5, 5.41) is 0. The van der Waals surface area contributed by atoms with Crippen molar-refractivity contribution >= 4 is 51.7 Å². The molecular weight excluding hydrogens is 516 g/mol. The number of methoxy groups -OCH3 is 1. The number of carbonyl (C=O) groups is 1. The SMILES string of the molecule is COCCCN1C(=O)C(=Cc2c(N3CCC(Cc4ccccc4)CC3)nc3ccc(C)cn3c2=O)SC1=S. The molecule has 1 aromatic carbocycles. The van der Waals surface area contributed by atoms with E-state index in [1.165, 1.54) is 17.3 Å². The highest BCUT2D eigenvalue weighted by Crippen LogP contribution is 2.34. The first-order valence-corrected chi connectivity index (χ1v) is 14.2. The van der Waals surface area contributed by atoms with Crippen LogP contribution in [0.1, 0.15) is 36.0 Å². The lowest BCUT2D eigenvalue weighted by Crippen LogP contribution is -2.37. The summed E-state index contributed by atoms with van der Waals surface area (Å²) in [6, 6.07) is 14.4. The number of thiocarbonyl (C=S) groups is 1. The normalized spacial score (nSPS) is 17.8. The molecule has 0 N–H and O–H groups in total. The van der Waals surface area contributed by atoms with Crippen molar-refractivity contribution in [2.45, 2.75) is 32.6 Å². The lowest BCUT2D eigenvalue weighted by Gasteiger charge is -2.33. The Morgan fingerprint density at radius 1 is 1.13 bits per heavy atom. The van der Waals surface area contributed by atoms with Crippen molar-refractivity contribution in [1.29, 1.82) is 0 Å². The number of carbonyl (C=O) groups excluding carboxylic acids is 1. The Kier molecular flexibility index (Phi) is 8.26. The van der Waals surface area contributed by atoms with Gasteiger partial charge in [-0.05, 0) is 61.8 Å². The van der Waals surface area contributed by atoms with Crippen LogP contribution in [0.25, 0.3) is 11.7 Å². The van der Waals surface area contributed by atoms with E-state index in [9.17, 15) is 9.59 Å². The van der Waals surface area contributed by atoms with Crippen LogP contribution in [-0.2, 0) is 16.0 Å². The number of hydrogen-bond acceptors (Lipinski definition) is 7. The van der Waals surface area contributed by atoms with Crippen LogP contribution in [0.15, 0.2) is 58.4 Å². The molecule has 0 spiro atoms. The standard InChI is InChI=1S/C29H32N4O3S2/c1-20-9-10-25-30-26(31-14-11-22(12-15-31)17-21-7-4-3-5-8-21)23(27(34)33(25)19-20)18-24-28(35)32(29(37)38-24)13-6-16-36-2/h3-5,7-10,18-19,22H,6,11-17H2,1-2H3. The first-order valence-electron chi connectivity index (χ1n) is 13.0. The maximum atomic E-state index is 13.8. The molecule has 0 radical (unpaired) electrons. The molecule has 2 aliphatic heterocycles. The molecule has 0 atom stereocenters. The van der Waals surface area contributed by atoms with Gasteiger partial charge in [0.15, 0.2) is 0 Å². The Balaban J connectivity index is 1.45. The zero-order valence-electron chi connectivity index (χ0n) is 21.8. The Morgan fingerprint density at radius 2 is 1.89 bits per heavy atom. The Morgan fingerprint density at radius 3 is 2.63 bits per heavy atom. The molecule has 0 aliphatic carbocycles. The molecule has 4 heterocycles. The lowest BCUT2D eigenvalue weighted by atomic mass is 9.90. The smallest absolute Gasteiger partial charge is 0.267 e. The van der Waals surface area contributed by atoms with Gasteiger partial charge in [-0.3, -0.25) is 18.9 Å². The number of amides is 1. The van der Waals surface area contributed by atoms with Crippen LogP contribution in [0, 0.1) is 12.8 Å². The van der Waals surface area contributed by atoms with Crippen molar-refractivity contribution < 1.29 is 9.53 Å². The second kappa shape index (κ2) is 11.8. The van der Waals surface area contributed by atoms with E-state index in [2.05, 4.69) is 29.2 Å². The highest BCUT2D eigenvalue weighted by atomic mass is 32.2. The van der Waals surface area contributed by atoms with E-state index in [-0.39, 0.29) is 11.5 Å². The molecule has 0 bridgehead atoms. The molecule has 38 heavy (non-hydrogen) atoms. The Hall–Kier alpha value is -3.01. The van der Waals surface area contributed by atoms with Crippen LogP contribution in [0.5, 0.6) is 0 Å². The van der Waals surface area contributed by atoms with Gasteiger partial charge in [-0.25, -0.2) is 4.98 Å². The van der Waals surface area contributed by atoms with E-state index in [0.717, 1.165) is 37.9 Å². The first kappa shape index (κ1) is 26.6. The zero-order valence-corrected chi connectivity index (χ0v) is 23.4. The van der Waals surface area contributed by atoms with Gasteiger partial charge in [0, 0.05) is 39.5 Å². The maximum Gasteiger partial charge on any atom is 0.267 e. The lowest BCUT2D eigenvalue weighted by molar-refractivity contribution is -0.122. The van der Waals surface area contributed by atoms with Gasteiger partial charge < -0.3 is 9.64 Å². The number of ether oxygens (including phenoxy) is 1. The molecule has 198 valence electrons. The summed E-state index contributed by atoms with van der Waals surface area (Å²) in [4.78, 5) is 36.2. The molecule has 2 fully saturated rings. The molecule has 0 unspecified atom stereocenters. The van der Waals surface area contributed by atoms with E-state index >= 15 is 0 Å². The van der Waals surface area contributed by atoms with Crippen molar-refractivity contribution in [3.8, 4) is 0 Å². The van der Waals surface area contributed by atoms with Gasteiger partial charge >= 0.3 is 0 Å². The quantitative estimate of drug-likeness (QED) is 0.230. The topological polar surface area (TPSA) is 67.2 Å². The second-order valence-corrected chi connectivity index (χ2v) is 11.6. The molecule has 7 nitrogen and oxygen atoms in total. The molecular formula is C29H32N4O3S2. The second-order valence-electron chi connectivity index (χ2n) is 9.89. The fourth-order valence-electron chi connectivity index (χ4n) is 5.10. The summed E-state index contributed by atoms with van der Waals surface area (Å²) in [6.07, 6.45) is 7.29. The number of aryl methyl sites for hydroxylation is 1. The Labute approximate surface area is 232 Å². The maximum absolute atomic E-state index is 13.8. The summed E-state index contributed by atoms with van der Waals surface area (Å²) >= 11 is 6.73. The van der Waals surface area contributed by atoms with Gasteiger partial charge in [-0.2, -0.15) is 0 Å². The molecule has 0 saturated carbocycles. The van der Waals surface area contributed by atoms with Crippen LogP contribution >= 0.6 is 24.0 Å². The number of benzene rings is 1. The van der Waals surface area contributed by atoms with Crippen LogP contribution in [0.4, 0.5) is 5.82 Å². The predicted molar refractivity (Wildman–Crippen MR) is 158 cm³/mol. The monoisotopic (exact) mass is 548 g/mol. The summed E-state index contributed by atoms with van der Waals surface area (Å²) in [7, 11) is 1.64. The zero-order chi connectivity index (χ0) is 26.6. The fourth-order valence-corrected chi connectivity index (χ4v) is 6.39. The number of anilines is 1. The number of thioether (sulfide) groups is 1. The van der Waals surface area contributed by atoms with Crippen LogP contribution in [-0.4, -0.2) is 57.9 Å². The van der Waals surface area contributed by atoms with Gasteiger partial charge in [0.2, 0.25) is 0 Å². The number of aromatic nitrogens is 2. The van der Waals surface area contributed by atoms with Crippen molar-refractivity contribution in [1.82, 2.24) is 14.3 Å². The van der Waals surface area contributed by atoms with E-state index in [0.29, 0.717) is 51.7 Å². The molecule has 2 saturated heterocycles. The molecule has 9 heteroatoms. The summed E-state index contributed by atoms with van der Waals surface area (Å²) in [6.45, 7) is 4.61. The van der Waals surface area contributed by atoms with E-state index in [1.54, 1.807) is 28.7 Å². The molecule has 3 aromatic rings.